The molecule has 6 heteroatoms. The number of furan rings is 1. The average molecular weight is 566 g/mol. The molecule has 9 rings (SSSR count). The number of aromatic nitrogens is 1. The van der Waals surface area contributed by atoms with E-state index in [1.165, 1.54) is 31.2 Å². The fourth-order valence-corrected chi connectivity index (χ4v) is 7.84. The van der Waals surface area contributed by atoms with Crippen LogP contribution in [0, 0.1) is 0 Å². The number of para-hydroxylation sites is 3. The van der Waals surface area contributed by atoms with Gasteiger partial charge >= 0.3 is 7.12 Å². The van der Waals surface area contributed by atoms with Crippen molar-refractivity contribution >= 4 is 87.8 Å². The first-order valence-electron chi connectivity index (χ1n) is 14.5. The fraction of sp³-hybridized carbons (Fsp3) is 0.167. The summed E-state index contributed by atoms with van der Waals surface area (Å²) in [7, 11) is -0.496. The molecule has 0 atom stereocenters. The Bertz CT molecular complexity index is 2320. The first-order chi connectivity index (χ1) is 20.3. The Morgan fingerprint density at radius 3 is 1.95 bits per heavy atom. The summed E-state index contributed by atoms with van der Waals surface area (Å²) < 4.78 is 24.7. The van der Waals surface area contributed by atoms with Crippen LogP contribution in [0.3, 0.4) is 0 Å². The third-order valence-corrected chi connectivity index (χ3v) is 10.7. The quantitative estimate of drug-likeness (QED) is 0.196. The Kier molecular flexibility index (Phi) is 4.82. The van der Waals surface area contributed by atoms with Gasteiger partial charge in [0.25, 0.3) is 0 Å². The highest BCUT2D eigenvalue weighted by Crippen LogP contribution is 2.44. The summed E-state index contributed by atoms with van der Waals surface area (Å²) in [6, 6.07) is 34.6. The summed E-state index contributed by atoms with van der Waals surface area (Å²) in [5.74, 6) is 0. The molecule has 0 saturated carbocycles. The molecule has 8 aromatic rings. The summed E-state index contributed by atoms with van der Waals surface area (Å²) in [6.45, 7) is 8.46. The molecule has 204 valence electrons. The molecule has 1 fully saturated rings. The Labute approximate surface area is 247 Å². The third-order valence-electron chi connectivity index (χ3n) is 9.44. The number of fused-ring (bicyclic) bond motifs is 10. The van der Waals surface area contributed by atoms with E-state index in [2.05, 4.69) is 123 Å². The SMILES string of the molecule is CC1(C)OB(c2cc(-n3c4ccccc4c4ccccc43)cc3c2sc2ccc4c5ccccc5oc4c23)OC1(C)C. The van der Waals surface area contributed by atoms with Gasteiger partial charge in [0.15, 0.2) is 0 Å². The molecule has 0 unspecified atom stereocenters. The number of hydrogen-bond donors (Lipinski definition) is 0. The zero-order chi connectivity index (χ0) is 28.4. The zero-order valence-corrected chi connectivity index (χ0v) is 24.7. The lowest BCUT2D eigenvalue weighted by Gasteiger charge is -2.32. The minimum atomic E-state index is -0.496. The molecule has 4 heterocycles. The Hall–Kier alpha value is -4.10. The average Bonchev–Trinajstić information content (AvgIpc) is 3.69. The highest BCUT2D eigenvalue weighted by atomic mass is 32.1. The minimum absolute atomic E-state index is 0.449. The normalized spacial score (nSPS) is 16.7. The van der Waals surface area contributed by atoms with Gasteiger partial charge in [0.2, 0.25) is 0 Å². The van der Waals surface area contributed by atoms with Crippen molar-refractivity contribution in [3.63, 3.8) is 0 Å². The summed E-state index contributed by atoms with van der Waals surface area (Å²) in [4.78, 5) is 0. The second kappa shape index (κ2) is 8.26. The van der Waals surface area contributed by atoms with Gasteiger partial charge in [-0.3, -0.25) is 0 Å². The fourth-order valence-electron chi connectivity index (χ4n) is 6.63. The lowest BCUT2D eigenvalue weighted by Crippen LogP contribution is -2.41. The molecule has 5 aromatic carbocycles. The summed E-state index contributed by atoms with van der Waals surface area (Å²) >= 11 is 1.78. The van der Waals surface area contributed by atoms with Crippen LogP contribution in [0.15, 0.2) is 101 Å². The van der Waals surface area contributed by atoms with Crippen molar-refractivity contribution in [1.29, 1.82) is 0 Å². The van der Waals surface area contributed by atoms with Gasteiger partial charge in [-0.15, -0.1) is 11.3 Å². The predicted octanol–water partition coefficient (Wildman–Crippen LogP) is 9.35. The van der Waals surface area contributed by atoms with Crippen LogP contribution in [0.1, 0.15) is 27.7 Å². The van der Waals surface area contributed by atoms with Crippen molar-refractivity contribution in [3.8, 4) is 5.69 Å². The van der Waals surface area contributed by atoms with Crippen LogP contribution in [0.2, 0.25) is 0 Å². The molecule has 0 radical (unpaired) electrons. The number of benzene rings is 5. The second-order valence-corrected chi connectivity index (χ2v) is 13.4. The van der Waals surface area contributed by atoms with E-state index in [9.17, 15) is 0 Å². The van der Waals surface area contributed by atoms with Crippen LogP contribution in [0.25, 0.3) is 69.6 Å². The van der Waals surface area contributed by atoms with E-state index in [0.29, 0.717) is 0 Å². The van der Waals surface area contributed by atoms with E-state index >= 15 is 0 Å². The summed E-state index contributed by atoms with van der Waals surface area (Å²) in [6.07, 6.45) is 0. The highest BCUT2D eigenvalue weighted by molar-refractivity contribution is 7.27. The highest BCUT2D eigenvalue weighted by Gasteiger charge is 2.52. The number of rotatable bonds is 2. The van der Waals surface area contributed by atoms with Crippen molar-refractivity contribution in [3.05, 3.63) is 97.1 Å². The van der Waals surface area contributed by atoms with Gasteiger partial charge in [-0.25, -0.2) is 0 Å². The van der Waals surface area contributed by atoms with E-state index < -0.39 is 18.3 Å². The molecule has 1 aliphatic rings. The number of thiophene rings is 1. The van der Waals surface area contributed by atoms with Gasteiger partial charge in [0.05, 0.1) is 22.2 Å². The van der Waals surface area contributed by atoms with Crippen LogP contribution < -0.4 is 5.46 Å². The van der Waals surface area contributed by atoms with Crippen LogP contribution in [-0.4, -0.2) is 22.9 Å². The largest absolute Gasteiger partial charge is 0.496 e. The van der Waals surface area contributed by atoms with Crippen molar-refractivity contribution < 1.29 is 13.7 Å². The van der Waals surface area contributed by atoms with Crippen molar-refractivity contribution in [1.82, 2.24) is 4.57 Å². The van der Waals surface area contributed by atoms with Crippen LogP contribution in [-0.2, 0) is 9.31 Å². The second-order valence-electron chi connectivity index (χ2n) is 12.4. The third kappa shape index (κ3) is 3.20. The van der Waals surface area contributed by atoms with E-state index in [0.717, 1.165) is 43.9 Å². The van der Waals surface area contributed by atoms with Crippen molar-refractivity contribution in [2.75, 3.05) is 0 Å². The van der Waals surface area contributed by atoms with Gasteiger partial charge in [-0.05, 0) is 70.2 Å². The molecule has 1 saturated heterocycles. The topological polar surface area (TPSA) is 36.5 Å². The van der Waals surface area contributed by atoms with Crippen LogP contribution in [0.5, 0.6) is 0 Å². The molecule has 1 aliphatic heterocycles. The first kappa shape index (κ1) is 24.5. The molecular weight excluding hydrogens is 537 g/mol. The standard InChI is InChI=1S/C36H28BNO3S/c1-35(2)36(3,4)41-37(40-35)27-20-21(38-28-14-8-5-11-22(28)23-12-6-9-15-29(23)38)19-26-32-31(42-34(26)27)18-17-25-24-13-7-10-16-30(24)39-33(25)32/h5-20H,1-4H3. The molecule has 0 aliphatic carbocycles. The van der Waals surface area contributed by atoms with Crippen LogP contribution >= 0.6 is 11.3 Å². The Morgan fingerprint density at radius 1 is 0.643 bits per heavy atom. The summed E-state index contributed by atoms with van der Waals surface area (Å²) in [5, 5.41) is 7.05. The van der Waals surface area contributed by atoms with E-state index in [1.807, 2.05) is 6.07 Å². The summed E-state index contributed by atoms with van der Waals surface area (Å²) in [5.41, 5.74) is 5.41. The molecule has 0 spiro atoms. The van der Waals surface area contributed by atoms with E-state index in [-0.39, 0.29) is 0 Å². The van der Waals surface area contributed by atoms with E-state index in [4.69, 9.17) is 13.7 Å². The Balaban J connectivity index is 1.43. The maximum atomic E-state index is 6.69. The number of nitrogens with zero attached hydrogens (tertiary/aromatic N) is 1. The minimum Gasteiger partial charge on any atom is -0.455 e. The monoisotopic (exact) mass is 565 g/mol. The molecule has 0 N–H and O–H groups in total. The maximum absolute atomic E-state index is 6.69. The van der Waals surface area contributed by atoms with Gasteiger partial charge in [0.1, 0.15) is 11.2 Å². The molecule has 0 amide bonds. The molecular formula is C36H28BNO3S. The molecule has 4 nitrogen and oxygen atoms in total. The van der Waals surface area contributed by atoms with Crippen molar-refractivity contribution in [2.45, 2.75) is 38.9 Å². The Morgan fingerprint density at radius 2 is 1.26 bits per heavy atom. The van der Waals surface area contributed by atoms with E-state index in [1.54, 1.807) is 11.3 Å². The number of hydrogen-bond acceptors (Lipinski definition) is 4. The van der Waals surface area contributed by atoms with Gasteiger partial charge in [-0.1, -0.05) is 54.6 Å². The maximum Gasteiger partial charge on any atom is 0.496 e. The van der Waals surface area contributed by atoms with Crippen molar-refractivity contribution in [2.24, 2.45) is 0 Å². The van der Waals surface area contributed by atoms with Gasteiger partial charge in [0, 0.05) is 52.9 Å². The lowest BCUT2D eigenvalue weighted by molar-refractivity contribution is 0.00578. The predicted molar refractivity (Wildman–Crippen MR) is 177 cm³/mol. The zero-order valence-electron chi connectivity index (χ0n) is 23.9. The van der Waals surface area contributed by atoms with Gasteiger partial charge in [-0.2, -0.15) is 0 Å². The first-order valence-corrected chi connectivity index (χ1v) is 15.3. The molecule has 3 aromatic heterocycles. The molecule has 42 heavy (non-hydrogen) atoms. The molecule has 0 bridgehead atoms. The smallest absolute Gasteiger partial charge is 0.455 e. The van der Waals surface area contributed by atoms with Crippen LogP contribution in [0.4, 0.5) is 0 Å². The lowest BCUT2D eigenvalue weighted by atomic mass is 9.78. The van der Waals surface area contributed by atoms with Gasteiger partial charge < -0.3 is 18.3 Å².